The van der Waals surface area contributed by atoms with E-state index in [1.165, 1.54) is 7.11 Å². The fraction of sp³-hybridized carbons (Fsp3) is 0.238. The Morgan fingerprint density at radius 1 is 1.08 bits per heavy atom. The molecule has 5 nitrogen and oxygen atoms in total. The van der Waals surface area contributed by atoms with Crippen molar-refractivity contribution in [1.29, 1.82) is 0 Å². The second kappa shape index (κ2) is 7.04. The highest BCUT2D eigenvalue weighted by Crippen LogP contribution is 2.23. The largest absolute Gasteiger partial charge is 0.465 e. The predicted molar refractivity (Wildman–Crippen MR) is 103 cm³/mol. The molecule has 3 aromatic rings. The van der Waals surface area contributed by atoms with Gasteiger partial charge in [-0.2, -0.15) is 0 Å². The number of ether oxygens (including phenoxy) is 1. The van der Waals surface area contributed by atoms with Crippen LogP contribution < -0.4 is 5.32 Å². The Kier molecular flexibility index (Phi) is 4.80. The quantitative estimate of drug-likeness (QED) is 0.533. The van der Waals surface area contributed by atoms with E-state index in [1.54, 1.807) is 13.8 Å². The van der Waals surface area contributed by atoms with Gasteiger partial charge in [-0.3, -0.25) is 4.79 Å². The van der Waals surface area contributed by atoms with E-state index in [9.17, 15) is 9.59 Å². The number of aryl methyl sites for hydroxylation is 1. The second-order valence-electron chi connectivity index (χ2n) is 6.41. The van der Waals surface area contributed by atoms with E-state index in [0.29, 0.717) is 22.5 Å². The number of aromatic nitrogens is 1. The molecule has 1 atom stereocenters. The maximum absolute atomic E-state index is 12.9. The van der Waals surface area contributed by atoms with Gasteiger partial charge in [-0.05, 0) is 49.2 Å². The number of hydrogen-bond donors (Lipinski definition) is 2. The molecule has 0 fully saturated rings. The fourth-order valence-electron chi connectivity index (χ4n) is 3.22. The molecule has 3 rings (SSSR count). The lowest BCUT2D eigenvalue weighted by Crippen LogP contribution is -2.27. The average molecular weight is 350 g/mol. The van der Waals surface area contributed by atoms with Crippen LogP contribution in [0.2, 0.25) is 0 Å². The first-order valence-electron chi connectivity index (χ1n) is 8.49. The first-order valence-corrected chi connectivity index (χ1v) is 8.49. The van der Waals surface area contributed by atoms with Crippen molar-refractivity contribution in [1.82, 2.24) is 4.98 Å². The summed E-state index contributed by atoms with van der Waals surface area (Å²) in [6, 6.07) is 13.6. The third-order valence-electron chi connectivity index (χ3n) is 4.60. The van der Waals surface area contributed by atoms with Crippen molar-refractivity contribution < 1.29 is 14.3 Å². The maximum atomic E-state index is 12.9. The number of rotatable bonds is 5. The normalized spacial score (nSPS) is 12.0. The molecule has 0 aliphatic heterocycles. The number of esters is 1. The summed E-state index contributed by atoms with van der Waals surface area (Å²) in [4.78, 5) is 27.8. The van der Waals surface area contributed by atoms with Crippen LogP contribution in [0.25, 0.3) is 10.8 Å². The van der Waals surface area contributed by atoms with Crippen LogP contribution in [-0.4, -0.2) is 29.9 Å². The highest BCUT2D eigenvalue weighted by Gasteiger charge is 2.25. The van der Waals surface area contributed by atoms with Gasteiger partial charge in [-0.1, -0.05) is 30.3 Å². The van der Waals surface area contributed by atoms with Crippen LogP contribution in [0.4, 0.5) is 5.69 Å². The summed E-state index contributed by atoms with van der Waals surface area (Å²) < 4.78 is 4.80. The van der Waals surface area contributed by atoms with E-state index < -0.39 is 12.0 Å². The molecule has 0 amide bonds. The predicted octanol–water partition coefficient (Wildman–Crippen LogP) is 4.25. The molecule has 1 aromatic heterocycles. The number of aromatic amines is 1. The van der Waals surface area contributed by atoms with E-state index in [2.05, 4.69) is 10.3 Å². The molecule has 0 aliphatic carbocycles. The van der Waals surface area contributed by atoms with Gasteiger partial charge in [0.25, 0.3) is 0 Å². The molecule has 5 heteroatoms. The highest BCUT2D eigenvalue weighted by molar-refractivity contribution is 6.05. The molecule has 0 radical (unpaired) electrons. The van der Waals surface area contributed by atoms with Gasteiger partial charge in [0.1, 0.15) is 0 Å². The third kappa shape index (κ3) is 3.20. The molecule has 2 N–H and O–H groups in total. The number of carbonyl (C=O) groups is 2. The van der Waals surface area contributed by atoms with E-state index in [-0.39, 0.29) is 5.78 Å². The van der Waals surface area contributed by atoms with Gasteiger partial charge in [0.05, 0.1) is 24.4 Å². The average Bonchev–Trinajstić information content (AvgIpc) is 2.94. The van der Waals surface area contributed by atoms with Crippen LogP contribution in [-0.2, 0) is 4.74 Å². The minimum atomic E-state index is -0.446. The minimum absolute atomic E-state index is 0.103. The molecule has 0 bridgehead atoms. The molecule has 2 aromatic carbocycles. The number of methoxy groups -OCH3 is 1. The van der Waals surface area contributed by atoms with E-state index >= 15 is 0 Å². The van der Waals surface area contributed by atoms with Crippen molar-refractivity contribution >= 4 is 28.2 Å². The Hall–Kier alpha value is -3.08. The van der Waals surface area contributed by atoms with Crippen molar-refractivity contribution in [2.75, 3.05) is 12.4 Å². The summed E-state index contributed by atoms with van der Waals surface area (Å²) in [6.07, 6.45) is 0. The standard InChI is InChI=1S/C21H22N2O3/c1-12-18(21(25)26-4)13(2)23-19(12)20(24)14(3)22-17-10-9-15-7-5-6-8-16(15)11-17/h5-11,14,22-23H,1-4H3/t14-/m0/s1. The van der Waals surface area contributed by atoms with Crippen molar-refractivity contribution in [3.8, 4) is 0 Å². The number of benzene rings is 2. The van der Waals surface area contributed by atoms with Gasteiger partial charge in [-0.15, -0.1) is 0 Å². The lowest BCUT2D eigenvalue weighted by molar-refractivity contribution is 0.0599. The van der Waals surface area contributed by atoms with E-state index in [0.717, 1.165) is 16.5 Å². The van der Waals surface area contributed by atoms with Gasteiger partial charge in [0, 0.05) is 11.4 Å². The van der Waals surface area contributed by atoms with Crippen molar-refractivity contribution in [2.45, 2.75) is 26.8 Å². The van der Waals surface area contributed by atoms with Crippen LogP contribution in [0.5, 0.6) is 0 Å². The summed E-state index contributed by atoms with van der Waals surface area (Å²) >= 11 is 0. The third-order valence-corrected chi connectivity index (χ3v) is 4.60. The van der Waals surface area contributed by atoms with Crippen molar-refractivity contribution in [2.24, 2.45) is 0 Å². The zero-order chi connectivity index (χ0) is 18.8. The summed E-state index contributed by atoms with van der Waals surface area (Å²) in [6.45, 7) is 5.33. The van der Waals surface area contributed by atoms with E-state index in [1.807, 2.05) is 49.4 Å². The zero-order valence-electron chi connectivity index (χ0n) is 15.3. The van der Waals surface area contributed by atoms with Gasteiger partial charge >= 0.3 is 5.97 Å². The SMILES string of the molecule is COC(=O)c1c(C)[nH]c(C(=O)[C@H](C)Nc2ccc3ccccc3c2)c1C. The number of fused-ring (bicyclic) bond motifs is 1. The van der Waals surface area contributed by atoms with Gasteiger partial charge in [-0.25, -0.2) is 4.79 Å². The van der Waals surface area contributed by atoms with Crippen LogP contribution in [0.3, 0.4) is 0 Å². The number of nitrogens with one attached hydrogen (secondary N) is 2. The first-order chi connectivity index (χ1) is 12.4. The van der Waals surface area contributed by atoms with Gasteiger partial charge in [0.15, 0.2) is 0 Å². The van der Waals surface area contributed by atoms with Crippen LogP contribution in [0.1, 0.15) is 39.0 Å². The summed E-state index contributed by atoms with van der Waals surface area (Å²) in [5.74, 6) is -0.542. The molecule has 134 valence electrons. The summed E-state index contributed by atoms with van der Waals surface area (Å²) in [5, 5.41) is 5.50. The smallest absolute Gasteiger partial charge is 0.339 e. The summed E-state index contributed by atoms with van der Waals surface area (Å²) in [7, 11) is 1.33. The van der Waals surface area contributed by atoms with Gasteiger partial charge < -0.3 is 15.0 Å². The van der Waals surface area contributed by atoms with Crippen molar-refractivity contribution in [3.05, 3.63) is 65.0 Å². The van der Waals surface area contributed by atoms with Gasteiger partial charge in [0.2, 0.25) is 5.78 Å². The van der Waals surface area contributed by atoms with Crippen LogP contribution in [0.15, 0.2) is 42.5 Å². The lowest BCUT2D eigenvalue weighted by atomic mass is 10.0. The fourth-order valence-corrected chi connectivity index (χ4v) is 3.22. The number of H-pyrrole nitrogens is 1. The topological polar surface area (TPSA) is 71.2 Å². The maximum Gasteiger partial charge on any atom is 0.339 e. The Labute approximate surface area is 152 Å². The Morgan fingerprint density at radius 2 is 1.77 bits per heavy atom. The molecular weight excluding hydrogens is 328 g/mol. The van der Waals surface area contributed by atoms with Crippen LogP contribution in [0, 0.1) is 13.8 Å². The molecule has 0 aliphatic rings. The molecule has 26 heavy (non-hydrogen) atoms. The highest BCUT2D eigenvalue weighted by atomic mass is 16.5. The number of hydrogen-bond acceptors (Lipinski definition) is 4. The Morgan fingerprint density at radius 3 is 2.46 bits per heavy atom. The first kappa shape index (κ1) is 17.7. The van der Waals surface area contributed by atoms with E-state index in [4.69, 9.17) is 4.74 Å². The number of Topliss-reactive ketones (excluding diaryl/α,β-unsaturated/α-hetero) is 1. The molecule has 0 spiro atoms. The second-order valence-corrected chi connectivity index (χ2v) is 6.41. The lowest BCUT2D eigenvalue weighted by Gasteiger charge is -2.15. The monoisotopic (exact) mass is 350 g/mol. The molecular formula is C21H22N2O3. The summed E-state index contributed by atoms with van der Waals surface area (Å²) in [5.41, 5.74) is 2.98. The Bertz CT molecular complexity index is 988. The molecule has 0 unspecified atom stereocenters. The van der Waals surface area contributed by atoms with Crippen LogP contribution >= 0.6 is 0 Å². The number of ketones is 1. The minimum Gasteiger partial charge on any atom is -0.465 e. The number of carbonyl (C=O) groups excluding carboxylic acids is 2. The van der Waals surface area contributed by atoms with Crippen molar-refractivity contribution in [3.63, 3.8) is 0 Å². The molecule has 0 saturated carbocycles. The number of anilines is 1. The molecule has 0 saturated heterocycles. The Balaban J connectivity index is 1.84. The zero-order valence-corrected chi connectivity index (χ0v) is 15.3. The molecule has 1 heterocycles.